The summed E-state index contributed by atoms with van der Waals surface area (Å²) in [6.45, 7) is 10.3. The predicted molar refractivity (Wildman–Crippen MR) is 94.2 cm³/mol. The van der Waals surface area contributed by atoms with Crippen LogP contribution in [0.5, 0.6) is 5.75 Å². The zero-order valence-electron chi connectivity index (χ0n) is 15.1. The average Bonchev–Trinajstić information content (AvgIpc) is 2.48. The van der Waals surface area contributed by atoms with Crippen LogP contribution in [-0.4, -0.2) is 66.4 Å². The summed E-state index contributed by atoms with van der Waals surface area (Å²) in [5.74, 6) is 0.217. The molecule has 2 N–H and O–H groups in total. The lowest BCUT2D eigenvalue weighted by Crippen LogP contribution is -2.48. The van der Waals surface area contributed by atoms with Crippen molar-refractivity contribution in [1.29, 1.82) is 0 Å². The Balaban J connectivity index is 2.06. The van der Waals surface area contributed by atoms with Gasteiger partial charge in [0.2, 0.25) is 0 Å². The minimum Gasteiger partial charge on any atom is -0.508 e. The van der Waals surface area contributed by atoms with Gasteiger partial charge in [0.1, 0.15) is 11.4 Å². The first-order valence-electron chi connectivity index (χ1n) is 8.42. The average molecular weight is 335 g/mol. The molecule has 1 atom stereocenters. The number of hydrogen-bond donors (Lipinski definition) is 2. The fraction of sp³-hybridized carbons (Fsp3) is 0.611. The van der Waals surface area contributed by atoms with Gasteiger partial charge in [-0.25, -0.2) is 4.79 Å². The van der Waals surface area contributed by atoms with Gasteiger partial charge in [-0.1, -0.05) is 12.1 Å². The molecular formula is C18H29N3O3. The molecule has 1 saturated heterocycles. The van der Waals surface area contributed by atoms with E-state index in [0.717, 1.165) is 38.3 Å². The van der Waals surface area contributed by atoms with Gasteiger partial charge in [-0.05, 0) is 45.5 Å². The van der Waals surface area contributed by atoms with Gasteiger partial charge < -0.3 is 20.1 Å². The lowest BCUT2D eigenvalue weighted by atomic mass is 10.1. The maximum Gasteiger partial charge on any atom is 0.408 e. The molecule has 1 aliphatic rings. The zero-order chi connectivity index (χ0) is 17.7. The number of aromatic hydroxyl groups is 1. The molecule has 0 bridgehead atoms. The first-order chi connectivity index (χ1) is 11.2. The molecule has 1 amide bonds. The van der Waals surface area contributed by atoms with Gasteiger partial charge >= 0.3 is 6.09 Å². The number of carbonyl (C=O) groups is 1. The van der Waals surface area contributed by atoms with Crippen LogP contribution in [0.3, 0.4) is 0 Å². The Morgan fingerprint density at radius 3 is 2.33 bits per heavy atom. The normalized spacial score (nSPS) is 18.2. The summed E-state index contributed by atoms with van der Waals surface area (Å²) in [6.07, 6.45) is -0.422. The van der Waals surface area contributed by atoms with Crippen LogP contribution in [0.4, 0.5) is 4.79 Å². The first kappa shape index (κ1) is 18.5. The van der Waals surface area contributed by atoms with Crippen LogP contribution >= 0.6 is 0 Å². The Hall–Kier alpha value is -1.79. The Bertz CT molecular complexity index is 531. The molecule has 1 heterocycles. The maximum absolute atomic E-state index is 12.2. The van der Waals surface area contributed by atoms with Crippen molar-refractivity contribution in [3.63, 3.8) is 0 Å². The van der Waals surface area contributed by atoms with Crippen molar-refractivity contribution < 1.29 is 14.6 Å². The number of phenols is 1. The van der Waals surface area contributed by atoms with Gasteiger partial charge in [0.05, 0.1) is 6.04 Å². The van der Waals surface area contributed by atoms with E-state index < -0.39 is 11.7 Å². The molecule has 1 fully saturated rings. The van der Waals surface area contributed by atoms with Crippen molar-refractivity contribution in [2.24, 2.45) is 0 Å². The van der Waals surface area contributed by atoms with Gasteiger partial charge in [0.25, 0.3) is 0 Å². The molecule has 24 heavy (non-hydrogen) atoms. The molecule has 1 aliphatic heterocycles. The summed E-state index contributed by atoms with van der Waals surface area (Å²) >= 11 is 0. The summed E-state index contributed by atoms with van der Waals surface area (Å²) in [5.41, 5.74) is 0.426. The van der Waals surface area contributed by atoms with Crippen molar-refractivity contribution >= 4 is 6.09 Å². The van der Waals surface area contributed by atoms with Gasteiger partial charge in [0.15, 0.2) is 0 Å². The fourth-order valence-corrected chi connectivity index (χ4v) is 2.68. The Labute approximate surface area is 144 Å². The number of carbonyl (C=O) groups excluding carboxylic acids is 1. The van der Waals surface area contributed by atoms with Crippen LogP contribution in [0.25, 0.3) is 0 Å². The highest BCUT2D eigenvalue weighted by Crippen LogP contribution is 2.19. The Morgan fingerprint density at radius 1 is 1.21 bits per heavy atom. The first-order valence-corrected chi connectivity index (χ1v) is 8.42. The second-order valence-electron chi connectivity index (χ2n) is 7.39. The number of rotatable bonds is 4. The number of piperazine rings is 1. The number of likely N-dealkylation sites (N-methyl/N-ethyl adjacent to an activating group) is 1. The number of amides is 1. The van der Waals surface area contributed by atoms with Crippen LogP contribution in [0.15, 0.2) is 24.3 Å². The minimum atomic E-state index is -0.530. The Kier molecular flexibility index (Phi) is 6.07. The van der Waals surface area contributed by atoms with Crippen molar-refractivity contribution in [3.05, 3.63) is 29.8 Å². The van der Waals surface area contributed by atoms with E-state index in [0.29, 0.717) is 0 Å². The van der Waals surface area contributed by atoms with Gasteiger partial charge in [0, 0.05) is 32.7 Å². The maximum atomic E-state index is 12.2. The predicted octanol–water partition coefficient (Wildman–Crippen LogP) is 2.21. The molecule has 0 saturated carbocycles. The van der Waals surface area contributed by atoms with Crippen LogP contribution in [0.2, 0.25) is 0 Å². The molecule has 6 heteroatoms. The summed E-state index contributed by atoms with van der Waals surface area (Å²) < 4.78 is 5.39. The van der Waals surface area contributed by atoms with Crippen molar-refractivity contribution in [2.75, 3.05) is 39.8 Å². The van der Waals surface area contributed by atoms with E-state index in [1.165, 1.54) is 0 Å². The largest absolute Gasteiger partial charge is 0.508 e. The van der Waals surface area contributed by atoms with E-state index in [-0.39, 0.29) is 11.8 Å². The Morgan fingerprint density at radius 2 is 1.79 bits per heavy atom. The molecule has 0 radical (unpaired) electrons. The van der Waals surface area contributed by atoms with E-state index in [1.807, 2.05) is 32.9 Å². The highest BCUT2D eigenvalue weighted by Gasteiger charge is 2.24. The van der Waals surface area contributed by atoms with Crippen LogP contribution in [0.1, 0.15) is 32.4 Å². The second-order valence-corrected chi connectivity index (χ2v) is 7.39. The fourth-order valence-electron chi connectivity index (χ4n) is 2.68. The topological polar surface area (TPSA) is 65.0 Å². The van der Waals surface area contributed by atoms with Gasteiger partial charge in [-0.2, -0.15) is 0 Å². The third kappa shape index (κ3) is 6.02. The quantitative estimate of drug-likeness (QED) is 0.883. The highest BCUT2D eigenvalue weighted by atomic mass is 16.6. The van der Waals surface area contributed by atoms with E-state index in [4.69, 9.17) is 4.74 Å². The van der Waals surface area contributed by atoms with Crippen molar-refractivity contribution in [1.82, 2.24) is 15.1 Å². The highest BCUT2D eigenvalue weighted by molar-refractivity contribution is 5.68. The third-order valence-corrected chi connectivity index (χ3v) is 4.02. The summed E-state index contributed by atoms with van der Waals surface area (Å²) in [6, 6.07) is 6.79. The molecule has 0 unspecified atom stereocenters. The van der Waals surface area contributed by atoms with Crippen LogP contribution in [-0.2, 0) is 4.74 Å². The van der Waals surface area contributed by atoms with E-state index in [1.54, 1.807) is 12.1 Å². The number of hydrogen-bond acceptors (Lipinski definition) is 5. The molecule has 0 spiro atoms. The molecule has 1 aromatic rings. The third-order valence-electron chi connectivity index (χ3n) is 4.02. The lowest BCUT2D eigenvalue weighted by molar-refractivity contribution is 0.0481. The van der Waals surface area contributed by atoms with E-state index in [2.05, 4.69) is 22.2 Å². The van der Waals surface area contributed by atoms with Gasteiger partial charge in [-0.15, -0.1) is 0 Å². The molecule has 0 aliphatic carbocycles. The van der Waals surface area contributed by atoms with E-state index >= 15 is 0 Å². The number of nitrogens with zero attached hydrogens (tertiary/aromatic N) is 2. The van der Waals surface area contributed by atoms with Crippen molar-refractivity contribution in [3.8, 4) is 5.75 Å². The lowest BCUT2D eigenvalue weighted by Gasteiger charge is -2.35. The van der Waals surface area contributed by atoms with Crippen molar-refractivity contribution in [2.45, 2.75) is 32.4 Å². The summed E-state index contributed by atoms with van der Waals surface area (Å²) in [7, 11) is 2.12. The molecular weight excluding hydrogens is 306 g/mol. The molecule has 2 rings (SSSR count). The second kappa shape index (κ2) is 7.85. The molecule has 134 valence electrons. The smallest absolute Gasteiger partial charge is 0.408 e. The number of benzene rings is 1. The van der Waals surface area contributed by atoms with Gasteiger partial charge in [-0.3, -0.25) is 4.90 Å². The minimum absolute atomic E-state index is 0.177. The number of alkyl carbamates (subject to hydrolysis) is 1. The monoisotopic (exact) mass is 335 g/mol. The van der Waals surface area contributed by atoms with E-state index in [9.17, 15) is 9.90 Å². The molecule has 6 nitrogen and oxygen atoms in total. The van der Waals surface area contributed by atoms with Crippen LogP contribution < -0.4 is 5.32 Å². The standard InChI is InChI=1S/C18H29N3O3/c1-18(2,3)24-17(23)19-16(14-5-7-15(22)8-6-14)13-21-11-9-20(4)10-12-21/h5-8,16,22H,9-13H2,1-4H3,(H,19,23)/t16-/m0/s1. The van der Waals surface area contributed by atoms with Crippen LogP contribution in [0, 0.1) is 0 Å². The summed E-state index contributed by atoms with van der Waals surface area (Å²) in [4.78, 5) is 16.8. The molecule has 0 aromatic heterocycles. The summed E-state index contributed by atoms with van der Waals surface area (Å²) in [5, 5.41) is 12.5. The SMILES string of the molecule is CN1CCN(C[C@H](NC(=O)OC(C)(C)C)c2ccc(O)cc2)CC1. The molecule has 1 aromatic carbocycles. The zero-order valence-corrected chi connectivity index (χ0v) is 15.1. The number of ether oxygens (including phenoxy) is 1. The number of nitrogens with one attached hydrogen (secondary N) is 1. The number of phenolic OH excluding ortho intramolecular Hbond substituents is 1.